The van der Waals surface area contributed by atoms with Crippen LogP contribution in [-0.4, -0.2) is 43.2 Å². The number of hydrogen-bond acceptors (Lipinski definition) is 5. The van der Waals surface area contributed by atoms with Crippen molar-refractivity contribution in [2.45, 2.75) is 32.1 Å². The lowest BCUT2D eigenvalue weighted by Crippen LogP contribution is -2.31. The number of aromatic nitrogens is 1. The van der Waals surface area contributed by atoms with Gasteiger partial charge in [-0.1, -0.05) is 13.8 Å². The molecule has 2 aromatic rings. The number of anilines is 1. The number of hydrogen-bond donors (Lipinski definition) is 0. The minimum absolute atomic E-state index is 0.137. The van der Waals surface area contributed by atoms with Crippen LogP contribution >= 0.6 is 11.3 Å². The number of thiazole rings is 1. The lowest BCUT2D eigenvalue weighted by atomic mass is 10.2. The van der Waals surface area contributed by atoms with Gasteiger partial charge in [0.2, 0.25) is 10.0 Å². The summed E-state index contributed by atoms with van der Waals surface area (Å²) in [6, 6.07) is 5.02. The number of nitrogens with zero attached hydrogens (tertiary/aromatic N) is 3. The number of aryl methyl sites for hydroxylation is 1. The van der Waals surface area contributed by atoms with E-state index in [9.17, 15) is 13.2 Å². The Hall–Kier alpha value is -1.77. The van der Waals surface area contributed by atoms with E-state index in [1.54, 1.807) is 28.5 Å². The zero-order chi connectivity index (χ0) is 18.2. The van der Waals surface area contributed by atoms with Gasteiger partial charge in [-0.2, -0.15) is 4.31 Å². The molecule has 6 nitrogen and oxygen atoms in total. The Morgan fingerprint density at radius 3 is 2.64 bits per heavy atom. The van der Waals surface area contributed by atoms with Crippen molar-refractivity contribution in [1.82, 2.24) is 9.29 Å². The first-order chi connectivity index (χ1) is 11.9. The first-order valence-corrected chi connectivity index (χ1v) is 10.6. The third-order valence-corrected chi connectivity index (χ3v) is 7.19. The van der Waals surface area contributed by atoms with Gasteiger partial charge in [-0.3, -0.25) is 4.79 Å². The monoisotopic (exact) mass is 379 g/mol. The molecule has 134 valence electrons. The van der Waals surface area contributed by atoms with Crippen LogP contribution in [0.15, 0.2) is 28.5 Å². The molecule has 1 aliphatic rings. The maximum absolute atomic E-state index is 12.7. The van der Waals surface area contributed by atoms with Crippen LogP contribution in [-0.2, 0) is 16.4 Å². The molecule has 0 fully saturated rings. The van der Waals surface area contributed by atoms with Crippen LogP contribution in [0.3, 0.4) is 0 Å². The summed E-state index contributed by atoms with van der Waals surface area (Å²) in [7, 11) is -3.49. The topological polar surface area (TPSA) is 70.6 Å². The molecule has 0 spiro atoms. The van der Waals surface area contributed by atoms with Crippen LogP contribution in [0.2, 0.25) is 0 Å². The van der Waals surface area contributed by atoms with Gasteiger partial charge in [0, 0.05) is 30.7 Å². The predicted octanol–water partition coefficient (Wildman–Crippen LogP) is 2.68. The normalized spacial score (nSPS) is 14.2. The molecule has 1 aromatic heterocycles. The van der Waals surface area contributed by atoms with Crippen molar-refractivity contribution in [1.29, 1.82) is 0 Å². The summed E-state index contributed by atoms with van der Waals surface area (Å²) in [5.74, 6) is -0.137. The van der Waals surface area contributed by atoms with Crippen LogP contribution in [0, 0.1) is 6.92 Å². The van der Waals surface area contributed by atoms with Gasteiger partial charge in [-0.15, -0.1) is 11.3 Å². The maximum atomic E-state index is 12.7. The fourth-order valence-corrected chi connectivity index (χ4v) is 5.16. The predicted molar refractivity (Wildman–Crippen MR) is 98.8 cm³/mol. The third-order valence-electron chi connectivity index (χ3n) is 4.37. The van der Waals surface area contributed by atoms with Gasteiger partial charge < -0.3 is 4.90 Å². The lowest BCUT2D eigenvalue weighted by molar-refractivity contribution is 0.0985. The van der Waals surface area contributed by atoms with Gasteiger partial charge in [-0.25, -0.2) is 13.4 Å². The minimum atomic E-state index is -3.49. The van der Waals surface area contributed by atoms with E-state index in [1.807, 2.05) is 20.8 Å². The van der Waals surface area contributed by atoms with Gasteiger partial charge in [0.05, 0.1) is 9.90 Å². The Kier molecular flexibility index (Phi) is 4.95. The van der Waals surface area contributed by atoms with Crippen molar-refractivity contribution >= 4 is 33.0 Å². The summed E-state index contributed by atoms with van der Waals surface area (Å²) in [4.78, 5) is 18.9. The Bertz CT molecular complexity index is 902. The second-order valence-electron chi connectivity index (χ2n) is 5.84. The average Bonchev–Trinajstić information content (AvgIpc) is 3.20. The Labute approximate surface area is 152 Å². The summed E-state index contributed by atoms with van der Waals surface area (Å²) >= 11 is 1.44. The molecule has 0 aliphatic carbocycles. The van der Waals surface area contributed by atoms with Gasteiger partial charge in [0.15, 0.2) is 0 Å². The van der Waals surface area contributed by atoms with Crippen molar-refractivity contribution in [2.24, 2.45) is 0 Å². The number of amides is 1. The smallest absolute Gasteiger partial charge is 0.277 e. The standard InChI is InChI=1S/C17H21N3O3S2/c1-4-19(5-2)25(22,23)14-6-7-16-13(10-14)8-9-20(16)17(21)15-11-24-12(3)18-15/h6-7,10-11H,4-5,8-9H2,1-3H3. The van der Waals surface area contributed by atoms with Gasteiger partial charge in [0.1, 0.15) is 5.69 Å². The van der Waals surface area contributed by atoms with Gasteiger partial charge in [-0.05, 0) is 37.1 Å². The maximum Gasteiger partial charge on any atom is 0.277 e. The molecule has 1 aliphatic heterocycles. The highest BCUT2D eigenvalue weighted by Crippen LogP contribution is 2.32. The molecule has 2 heterocycles. The first kappa shape index (κ1) is 18.0. The van der Waals surface area contributed by atoms with E-state index in [1.165, 1.54) is 15.6 Å². The van der Waals surface area contributed by atoms with E-state index in [0.717, 1.165) is 16.3 Å². The highest BCUT2D eigenvalue weighted by atomic mass is 32.2. The van der Waals surface area contributed by atoms with Crippen molar-refractivity contribution in [2.75, 3.05) is 24.5 Å². The van der Waals surface area contributed by atoms with Gasteiger partial charge in [0.25, 0.3) is 5.91 Å². The number of rotatable bonds is 5. The molecule has 0 saturated carbocycles. The zero-order valence-electron chi connectivity index (χ0n) is 14.5. The highest BCUT2D eigenvalue weighted by molar-refractivity contribution is 7.89. The summed E-state index contributed by atoms with van der Waals surface area (Å²) < 4.78 is 26.8. The van der Waals surface area contributed by atoms with E-state index in [2.05, 4.69) is 4.98 Å². The van der Waals surface area contributed by atoms with E-state index in [0.29, 0.717) is 31.7 Å². The van der Waals surface area contributed by atoms with E-state index in [4.69, 9.17) is 0 Å². The molecule has 25 heavy (non-hydrogen) atoms. The molecule has 0 N–H and O–H groups in total. The van der Waals surface area contributed by atoms with Crippen molar-refractivity contribution in [3.8, 4) is 0 Å². The molecule has 3 rings (SSSR count). The molecule has 0 bridgehead atoms. The number of fused-ring (bicyclic) bond motifs is 1. The molecular weight excluding hydrogens is 358 g/mol. The van der Waals surface area contributed by atoms with Gasteiger partial charge >= 0.3 is 0 Å². The second kappa shape index (κ2) is 6.86. The van der Waals surface area contributed by atoms with Crippen LogP contribution in [0.25, 0.3) is 0 Å². The molecule has 8 heteroatoms. The number of carbonyl (C=O) groups excluding carboxylic acids is 1. The van der Waals surface area contributed by atoms with Crippen molar-refractivity contribution < 1.29 is 13.2 Å². The molecule has 1 amide bonds. The SMILES string of the molecule is CCN(CC)S(=O)(=O)c1ccc2c(c1)CCN2C(=O)c1csc(C)n1. The van der Waals surface area contributed by atoms with Crippen LogP contribution in [0.5, 0.6) is 0 Å². The fourth-order valence-electron chi connectivity index (χ4n) is 3.06. The van der Waals surface area contributed by atoms with E-state index in [-0.39, 0.29) is 10.8 Å². The second-order valence-corrected chi connectivity index (χ2v) is 8.84. The molecule has 0 saturated heterocycles. The number of carbonyl (C=O) groups is 1. The molecule has 1 aromatic carbocycles. The van der Waals surface area contributed by atoms with Crippen LogP contribution in [0.1, 0.15) is 34.9 Å². The summed E-state index contributed by atoms with van der Waals surface area (Å²) in [6.45, 7) is 6.92. The molecular formula is C17H21N3O3S2. The Morgan fingerprint density at radius 1 is 1.32 bits per heavy atom. The van der Waals surface area contributed by atoms with E-state index >= 15 is 0 Å². The largest absolute Gasteiger partial charge is 0.306 e. The summed E-state index contributed by atoms with van der Waals surface area (Å²) in [6.07, 6.45) is 0.645. The summed E-state index contributed by atoms with van der Waals surface area (Å²) in [5, 5.41) is 2.61. The van der Waals surface area contributed by atoms with Crippen molar-refractivity contribution in [3.63, 3.8) is 0 Å². The third kappa shape index (κ3) is 3.21. The van der Waals surface area contributed by atoms with Crippen LogP contribution in [0.4, 0.5) is 5.69 Å². The molecule has 0 unspecified atom stereocenters. The lowest BCUT2D eigenvalue weighted by Gasteiger charge is -2.20. The van der Waals surface area contributed by atoms with Crippen molar-refractivity contribution in [3.05, 3.63) is 39.8 Å². The minimum Gasteiger partial charge on any atom is -0.306 e. The number of sulfonamides is 1. The average molecular weight is 380 g/mol. The van der Waals surface area contributed by atoms with Crippen LogP contribution < -0.4 is 4.90 Å². The first-order valence-electron chi connectivity index (χ1n) is 8.25. The molecule has 0 radical (unpaired) electrons. The Balaban J connectivity index is 1.92. The molecule has 0 atom stereocenters. The zero-order valence-corrected chi connectivity index (χ0v) is 16.2. The number of benzene rings is 1. The highest BCUT2D eigenvalue weighted by Gasteiger charge is 2.29. The quantitative estimate of drug-likeness (QED) is 0.801. The summed E-state index contributed by atoms with van der Waals surface area (Å²) in [5.41, 5.74) is 2.10. The fraction of sp³-hybridized carbons (Fsp3) is 0.412. The Morgan fingerprint density at radius 2 is 2.04 bits per heavy atom. The van der Waals surface area contributed by atoms with E-state index < -0.39 is 10.0 Å².